The maximum atomic E-state index is 13.7. The number of hydrogen-bond acceptors (Lipinski definition) is 1. The molecule has 17 heavy (non-hydrogen) atoms. The first-order chi connectivity index (χ1) is 7.69. The van der Waals surface area contributed by atoms with Crippen LogP contribution in [0.3, 0.4) is 0 Å². The van der Waals surface area contributed by atoms with E-state index in [-0.39, 0.29) is 16.7 Å². The van der Waals surface area contributed by atoms with E-state index in [4.69, 9.17) is 11.6 Å². The molecule has 0 amide bonds. The second-order valence-electron chi connectivity index (χ2n) is 6.03. The average molecular weight is 257 g/mol. The van der Waals surface area contributed by atoms with Gasteiger partial charge in [0.15, 0.2) is 0 Å². The lowest BCUT2D eigenvalue weighted by Crippen LogP contribution is -2.07. The van der Waals surface area contributed by atoms with Crippen LogP contribution >= 0.6 is 11.6 Å². The summed E-state index contributed by atoms with van der Waals surface area (Å²) in [5.41, 5.74) is 0.398. The largest absolute Gasteiger partial charge is 0.388 e. The zero-order valence-electron chi connectivity index (χ0n) is 10.6. The van der Waals surface area contributed by atoms with Gasteiger partial charge in [0.05, 0.1) is 6.10 Å². The topological polar surface area (TPSA) is 20.2 Å². The van der Waals surface area contributed by atoms with Crippen molar-refractivity contribution in [3.05, 3.63) is 34.6 Å². The molecule has 1 aromatic rings. The molecular weight excluding hydrogens is 239 g/mol. The van der Waals surface area contributed by atoms with Gasteiger partial charge < -0.3 is 5.11 Å². The van der Waals surface area contributed by atoms with Crippen LogP contribution in [0.15, 0.2) is 18.2 Å². The summed E-state index contributed by atoms with van der Waals surface area (Å²) in [5.74, 6) is -0.353. The van der Waals surface area contributed by atoms with Crippen molar-refractivity contribution < 1.29 is 9.50 Å². The molecule has 1 saturated carbocycles. The maximum absolute atomic E-state index is 13.7. The molecule has 0 bridgehead atoms. The van der Waals surface area contributed by atoms with Crippen LogP contribution in [0.2, 0.25) is 5.02 Å². The Bertz CT molecular complexity index is 440. The first-order valence-corrected chi connectivity index (χ1v) is 6.20. The molecular formula is C14H18ClFO. The van der Waals surface area contributed by atoms with Gasteiger partial charge >= 0.3 is 0 Å². The van der Waals surface area contributed by atoms with Crippen molar-refractivity contribution in [3.8, 4) is 0 Å². The normalized spacial score (nSPS) is 23.5. The molecule has 0 heterocycles. The fraction of sp³-hybridized carbons (Fsp3) is 0.571. The van der Waals surface area contributed by atoms with Crippen LogP contribution in [-0.2, 0) is 0 Å². The third-order valence-electron chi connectivity index (χ3n) is 4.73. The van der Waals surface area contributed by atoms with E-state index in [1.165, 1.54) is 6.07 Å². The lowest BCUT2D eigenvalue weighted by atomic mass is 9.99. The van der Waals surface area contributed by atoms with Gasteiger partial charge in [-0.2, -0.15) is 0 Å². The van der Waals surface area contributed by atoms with Crippen LogP contribution in [0.25, 0.3) is 0 Å². The van der Waals surface area contributed by atoms with E-state index in [1.807, 2.05) is 0 Å². The molecule has 0 spiro atoms. The van der Waals surface area contributed by atoms with Gasteiger partial charge in [-0.15, -0.1) is 0 Å². The molecule has 1 N–H and O–H groups in total. The van der Waals surface area contributed by atoms with Gasteiger partial charge in [0.1, 0.15) is 5.82 Å². The summed E-state index contributed by atoms with van der Waals surface area (Å²) in [6.45, 7) is 8.42. The number of aliphatic hydroxyl groups is 1. The molecule has 0 aliphatic heterocycles. The van der Waals surface area contributed by atoms with Gasteiger partial charge in [-0.1, -0.05) is 45.4 Å². The maximum Gasteiger partial charge on any atom is 0.130 e. The molecule has 94 valence electrons. The Morgan fingerprint density at radius 3 is 2.18 bits per heavy atom. The molecule has 0 saturated heterocycles. The van der Waals surface area contributed by atoms with Crippen molar-refractivity contribution in [2.24, 2.45) is 16.7 Å². The standard InChI is InChI=1S/C14H18ClFO/c1-13(2)12(14(13,3)4)11(17)9-6-5-8(15)7-10(9)16/h5-7,11-12,17H,1-4H3. The van der Waals surface area contributed by atoms with Gasteiger partial charge in [-0.25, -0.2) is 4.39 Å². The van der Waals surface area contributed by atoms with Crippen molar-refractivity contribution in [2.75, 3.05) is 0 Å². The fourth-order valence-electron chi connectivity index (χ4n) is 2.96. The molecule has 3 heteroatoms. The van der Waals surface area contributed by atoms with E-state index in [0.29, 0.717) is 10.6 Å². The SMILES string of the molecule is CC1(C)C(C(O)c2ccc(Cl)cc2F)C1(C)C. The summed E-state index contributed by atoms with van der Waals surface area (Å²) in [6, 6.07) is 4.45. The highest BCUT2D eigenvalue weighted by Gasteiger charge is 2.67. The van der Waals surface area contributed by atoms with Crippen molar-refractivity contribution in [1.82, 2.24) is 0 Å². The first kappa shape index (κ1) is 12.8. The van der Waals surface area contributed by atoms with Crippen LogP contribution in [0.1, 0.15) is 39.4 Å². The Labute approximate surface area is 107 Å². The molecule has 0 aromatic heterocycles. The van der Waals surface area contributed by atoms with Crippen LogP contribution < -0.4 is 0 Å². The average Bonchev–Trinajstić information content (AvgIpc) is 2.56. The van der Waals surface area contributed by atoms with Crippen molar-refractivity contribution in [1.29, 1.82) is 0 Å². The van der Waals surface area contributed by atoms with E-state index < -0.39 is 11.9 Å². The van der Waals surface area contributed by atoms with E-state index in [9.17, 15) is 9.50 Å². The molecule has 1 aliphatic carbocycles. The molecule has 0 radical (unpaired) electrons. The summed E-state index contributed by atoms with van der Waals surface area (Å²) < 4.78 is 13.7. The van der Waals surface area contributed by atoms with E-state index in [0.717, 1.165) is 0 Å². The Morgan fingerprint density at radius 2 is 1.76 bits per heavy atom. The summed E-state index contributed by atoms with van der Waals surface area (Å²) in [4.78, 5) is 0. The monoisotopic (exact) mass is 256 g/mol. The minimum absolute atomic E-state index is 0.0263. The Kier molecular flexibility index (Phi) is 2.79. The Morgan fingerprint density at radius 1 is 1.24 bits per heavy atom. The summed E-state index contributed by atoms with van der Waals surface area (Å²) in [7, 11) is 0. The third kappa shape index (κ3) is 1.78. The molecule has 1 atom stereocenters. The molecule has 1 unspecified atom stereocenters. The Balaban J connectivity index is 2.31. The quantitative estimate of drug-likeness (QED) is 0.841. The first-order valence-electron chi connectivity index (χ1n) is 5.82. The number of hydrogen-bond donors (Lipinski definition) is 1. The highest BCUT2D eigenvalue weighted by atomic mass is 35.5. The van der Waals surface area contributed by atoms with Gasteiger partial charge in [-0.3, -0.25) is 0 Å². The Hall–Kier alpha value is -0.600. The lowest BCUT2D eigenvalue weighted by Gasteiger charge is -2.14. The highest BCUT2D eigenvalue weighted by molar-refractivity contribution is 6.30. The molecule has 1 aliphatic rings. The van der Waals surface area contributed by atoms with E-state index in [1.54, 1.807) is 12.1 Å². The third-order valence-corrected chi connectivity index (χ3v) is 4.96. The zero-order chi connectivity index (χ0) is 13.0. The summed E-state index contributed by atoms with van der Waals surface area (Å²) in [5, 5.41) is 10.7. The van der Waals surface area contributed by atoms with Gasteiger partial charge in [0.2, 0.25) is 0 Å². The number of benzene rings is 1. The molecule has 1 aromatic carbocycles. The van der Waals surface area contributed by atoms with E-state index >= 15 is 0 Å². The number of halogens is 2. The lowest BCUT2D eigenvalue weighted by molar-refractivity contribution is 0.126. The van der Waals surface area contributed by atoms with Crippen LogP contribution in [0, 0.1) is 22.6 Å². The van der Waals surface area contributed by atoms with Crippen LogP contribution in [0.4, 0.5) is 4.39 Å². The second-order valence-corrected chi connectivity index (χ2v) is 6.47. The van der Waals surface area contributed by atoms with Gasteiger partial charge in [-0.05, 0) is 23.0 Å². The summed E-state index contributed by atoms with van der Waals surface area (Å²) >= 11 is 5.71. The number of rotatable bonds is 2. The molecule has 1 fully saturated rings. The minimum atomic E-state index is -0.766. The smallest absolute Gasteiger partial charge is 0.130 e. The van der Waals surface area contributed by atoms with Crippen molar-refractivity contribution >= 4 is 11.6 Å². The van der Waals surface area contributed by atoms with E-state index in [2.05, 4.69) is 27.7 Å². The van der Waals surface area contributed by atoms with Crippen LogP contribution in [-0.4, -0.2) is 5.11 Å². The van der Waals surface area contributed by atoms with Crippen molar-refractivity contribution in [3.63, 3.8) is 0 Å². The van der Waals surface area contributed by atoms with Crippen molar-refractivity contribution in [2.45, 2.75) is 33.8 Å². The minimum Gasteiger partial charge on any atom is -0.388 e. The van der Waals surface area contributed by atoms with Crippen LogP contribution in [0.5, 0.6) is 0 Å². The summed E-state index contributed by atoms with van der Waals surface area (Å²) in [6.07, 6.45) is -0.766. The molecule has 2 rings (SSSR count). The number of aliphatic hydroxyl groups excluding tert-OH is 1. The zero-order valence-corrected chi connectivity index (χ0v) is 11.3. The predicted octanol–water partition coefficient (Wildman–Crippen LogP) is 4.19. The molecule has 1 nitrogen and oxygen atoms in total. The predicted molar refractivity (Wildman–Crippen MR) is 67.4 cm³/mol. The second kappa shape index (κ2) is 3.69. The highest BCUT2D eigenvalue weighted by Crippen LogP contribution is 2.72. The fourth-order valence-corrected chi connectivity index (χ4v) is 3.12. The van der Waals surface area contributed by atoms with Gasteiger partial charge in [0.25, 0.3) is 0 Å². The van der Waals surface area contributed by atoms with Gasteiger partial charge in [0, 0.05) is 16.5 Å².